The SMILES string of the molecule is CCOc1ccc(CC(=O)NCCNC(=O)c2ccccc2Br)cc1. The topological polar surface area (TPSA) is 67.4 Å². The van der Waals surface area contributed by atoms with E-state index in [1.54, 1.807) is 12.1 Å². The molecule has 2 rings (SSSR count). The van der Waals surface area contributed by atoms with Crippen LogP contribution in [-0.4, -0.2) is 31.5 Å². The van der Waals surface area contributed by atoms with Gasteiger partial charge in [-0.2, -0.15) is 0 Å². The normalized spacial score (nSPS) is 10.2. The van der Waals surface area contributed by atoms with Gasteiger partial charge in [0.15, 0.2) is 0 Å². The van der Waals surface area contributed by atoms with Gasteiger partial charge in [0.2, 0.25) is 5.91 Å². The lowest BCUT2D eigenvalue weighted by Gasteiger charge is -2.09. The molecule has 6 heteroatoms. The maximum atomic E-state index is 12.0. The zero-order valence-electron chi connectivity index (χ0n) is 14.0. The Bertz CT molecular complexity index is 717. The summed E-state index contributed by atoms with van der Waals surface area (Å²) in [6.07, 6.45) is 0.296. The number of carbonyl (C=O) groups is 2. The average molecular weight is 405 g/mol. The van der Waals surface area contributed by atoms with Crippen LogP contribution in [0.5, 0.6) is 5.75 Å². The summed E-state index contributed by atoms with van der Waals surface area (Å²) in [7, 11) is 0. The van der Waals surface area contributed by atoms with Crippen LogP contribution in [0.4, 0.5) is 0 Å². The lowest BCUT2D eigenvalue weighted by molar-refractivity contribution is -0.120. The number of nitrogens with one attached hydrogen (secondary N) is 2. The molecule has 5 nitrogen and oxygen atoms in total. The van der Waals surface area contributed by atoms with Crippen LogP contribution in [0, 0.1) is 0 Å². The first-order chi connectivity index (χ1) is 12.1. The van der Waals surface area contributed by atoms with Crippen molar-refractivity contribution in [3.63, 3.8) is 0 Å². The Hall–Kier alpha value is -2.34. The molecule has 2 aromatic rings. The van der Waals surface area contributed by atoms with Crippen LogP contribution in [0.15, 0.2) is 53.0 Å². The van der Waals surface area contributed by atoms with Crippen molar-refractivity contribution in [1.82, 2.24) is 10.6 Å². The highest BCUT2D eigenvalue weighted by Gasteiger charge is 2.08. The summed E-state index contributed by atoms with van der Waals surface area (Å²) >= 11 is 3.34. The van der Waals surface area contributed by atoms with Crippen molar-refractivity contribution in [2.75, 3.05) is 19.7 Å². The van der Waals surface area contributed by atoms with Crippen molar-refractivity contribution in [2.24, 2.45) is 0 Å². The first-order valence-corrected chi connectivity index (χ1v) is 8.90. The van der Waals surface area contributed by atoms with E-state index in [0.717, 1.165) is 15.8 Å². The number of halogens is 1. The average Bonchev–Trinajstić information content (AvgIpc) is 2.61. The van der Waals surface area contributed by atoms with Gasteiger partial charge in [-0.15, -0.1) is 0 Å². The molecule has 0 aliphatic rings. The molecule has 0 fully saturated rings. The molecule has 0 radical (unpaired) electrons. The largest absolute Gasteiger partial charge is 0.494 e. The van der Waals surface area contributed by atoms with Crippen molar-refractivity contribution >= 4 is 27.7 Å². The third-order valence-corrected chi connectivity index (χ3v) is 4.14. The first-order valence-electron chi connectivity index (χ1n) is 8.11. The summed E-state index contributed by atoms with van der Waals surface area (Å²) in [4.78, 5) is 24.0. The molecule has 0 aliphatic carbocycles. The van der Waals surface area contributed by atoms with E-state index >= 15 is 0 Å². The minimum absolute atomic E-state index is 0.0840. The predicted octanol–water partition coefficient (Wildman–Crippen LogP) is 2.94. The van der Waals surface area contributed by atoms with Gasteiger partial charge in [-0.1, -0.05) is 24.3 Å². The molecule has 0 aliphatic heterocycles. The van der Waals surface area contributed by atoms with Crippen LogP contribution in [-0.2, 0) is 11.2 Å². The third-order valence-electron chi connectivity index (χ3n) is 3.45. The van der Waals surface area contributed by atoms with E-state index in [1.807, 2.05) is 43.3 Å². The van der Waals surface area contributed by atoms with Gasteiger partial charge >= 0.3 is 0 Å². The van der Waals surface area contributed by atoms with E-state index in [0.29, 0.717) is 31.7 Å². The second kappa shape index (κ2) is 9.84. The highest BCUT2D eigenvalue weighted by molar-refractivity contribution is 9.10. The Morgan fingerprint density at radius 3 is 2.36 bits per heavy atom. The first kappa shape index (κ1) is 19.0. The number of benzene rings is 2. The summed E-state index contributed by atoms with van der Waals surface area (Å²) < 4.78 is 6.11. The fraction of sp³-hybridized carbons (Fsp3) is 0.263. The quantitative estimate of drug-likeness (QED) is 0.664. The Labute approximate surface area is 155 Å². The summed E-state index contributed by atoms with van der Waals surface area (Å²) in [6.45, 7) is 3.29. The summed E-state index contributed by atoms with van der Waals surface area (Å²) in [5.74, 6) is 0.536. The molecular weight excluding hydrogens is 384 g/mol. The van der Waals surface area contributed by atoms with Crippen molar-refractivity contribution < 1.29 is 14.3 Å². The zero-order valence-corrected chi connectivity index (χ0v) is 15.6. The van der Waals surface area contributed by atoms with E-state index in [1.165, 1.54) is 0 Å². The maximum absolute atomic E-state index is 12.0. The standard InChI is InChI=1S/C19H21BrN2O3/c1-2-25-15-9-7-14(8-10-15)13-18(23)21-11-12-22-19(24)16-5-3-4-6-17(16)20/h3-10H,2,11-13H2,1H3,(H,21,23)(H,22,24). The molecule has 0 heterocycles. The van der Waals surface area contributed by atoms with Crippen molar-refractivity contribution in [3.8, 4) is 5.75 Å². The fourth-order valence-corrected chi connectivity index (χ4v) is 2.70. The number of ether oxygens (including phenoxy) is 1. The molecule has 0 bridgehead atoms. The lowest BCUT2D eigenvalue weighted by Crippen LogP contribution is -2.35. The number of hydrogen-bond donors (Lipinski definition) is 2. The van der Waals surface area contributed by atoms with E-state index in [4.69, 9.17) is 4.74 Å². The van der Waals surface area contributed by atoms with Crippen molar-refractivity contribution in [1.29, 1.82) is 0 Å². The molecule has 132 valence electrons. The smallest absolute Gasteiger partial charge is 0.252 e. The number of hydrogen-bond acceptors (Lipinski definition) is 3. The third kappa shape index (κ3) is 6.23. The molecule has 2 N–H and O–H groups in total. The molecule has 0 saturated carbocycles. The molecule has 0 saturated heterocycles. The van der Waals surface area contributed by atoms with E-state index in [9.17, 15) is 9.59 Å². The van der Waals surface area contributed by atoms with Gasteiger partial charge in [-0.3, -0.25) is 9.59 Å². The zero-order chi connectivity index (χ0) is 18.1. The Kier molecular flexibility index (Phi) is 7.47. The van der Waals surface area contributed by atoms with Crippen LogP contribution >= 0.6 is 15.9 Å². The Morgan fingerprint density at radius 1 is 1.00 bits per heavy atom. The second-order valence-corrected chi connectivity index (χ2v) is 6.19. The minimum atomic E-state index is -0.173. The molecule has 0 atom stereocenters. The van der Waals surface area contributed by atoms with Crippen LogP contribution in [0.1, 0.15) is 22.8 Å². The molecule has 0 unspecified atom stereocenters. The molecular formula is C19H21BrN2O3. The van der Waals surface area contributed by atoms with Crippen LogP contribution in [0.25, 0.3) is 0 Å². The molecule has 2 aromatic carbocycles. The van der Waals surface area contributed by atoms with Crippen LogP contribution < -0.4 is 15.4 Å². The van der Waals surface area contributed by atoms with Crippen molar-refractivity contribution in [2.45, 2.75) is 13.3 Å². The molecule has 25 heavy (non-hydrogen) atoms. The number of carbonyl (C=O) groups excluding carboxylic acids is 2. The minimum Gasteiger partial charge on any atom is -0.494 e. The monoisotopic (exact) mass is 404 g/mol. The fourth-order valence-electron chi connectivity index (χ4n) is 2.24. The highest BCUT2D eigenvalue weighted by atomic mass is 79.9. The Morgan fingerprint density at radius 2 is 1.68 bits per heavy atom. The summed E-state index contributed by atoms with van der Waals surface area (Å²) in [5, 5.41) is 5.58. The van der Waals surface area contributed by atoms with Gasteiger partial charge in [0.1, 0.15) is 5.75 Å². The molecule has 0 spiro atoms. The number of rotatable bonds is 8. The Balaban J connectivity index is 1.70. The van der Waals surface area contributed by atoms with E-state index < -0.39 is 0 Å². The maximum Gasteiger partial charge on any atom is 0.252 e. The van der Waals surface area contributed by atoms with Gasteiger partial charge in [-0.05, 0) is 52.7 Å². The second-order valence-electron chi connectivity index (χ2n) is 5.34. The van der Waals surface area contributed by atoms with Gasteiger partial charge in [0.05, 0.1) is 18.6 Å². The lowest BCUT2D eigenvalue weighted by atomic mass is 10.1. The summed E-state index contributed by atoms with van der Waals surface area (Å²) in [5.41, 5.74) is 1.49. The van der Waals surface area contributed by atoms with Gasteiger partial charge in [0.25, 0.3) is 5.91 Å². The van der Waals surface area contributed by atoms with Crippen LogP contribution in [0.2, 0.25) is 0 Å². The predicted molar refractivity (Wildman–Crippen MR) is 101 cm³/mol. The summed E-state index contributed by atoms with van der Waals surface area (Å²) in [6, 6.07) is 14.7. The van der Waals surface area contributed by atoms with E-state index in [-0.39, 0.29) is 11.8 Å². The van der Waals surface area contributed by atoms with Gasteiger partial charge < -0.3 is 15.4 Å². The van der Waals surface area contributed by atoms with Crippen molar-refractivity contribution in [3.05, 3.63) is 64.1 Å². The van der Waals surface area contributed by atoms with Gasteiger partial charge in [-0.25, -0.2) is 0 Å². The van der Waals surface area contributed by atoms with Crippen LogP contribution in [0.3, 0.4) is 0 Å². The van der Waals surface area contributed by atoms with Gasteiger partial charge in [0, 0.05) is 17.6 Å². The number of amides is 2. The molecule has 2 amide bonds. The highest BCUT2D eigenvalue weighted by Crippen LogP contribution is 2.15. The van der Waals surface area contributed by atoms with E-state index in [2.05, 4.69) is 26.6 Å². The molecule has 0 aromatic heterocycles.